The van der Waals surface area contributed by atoms with Crippen molar-refractivity contribution in [2.75, 3.05) is 57.7 Å². The number of methoxy groups -OCH3 is 1. The van der Waals surface area contributed by atoms with Crippen LogP contribution in [0.1, 0.15) is 35.2 Å². The molecule has 1 aliphatic carbocycles. The van der Waals surface area contributed by atoms with Crippen LogP contribution in [0.3, 0.4) is 0 Å². The number of anilines is 1. The van der Waals surface area contributed by atoms with E-state index in [2.05, 4.69) is 27.2 Å². The van der Waals surface area contributed by atoms with Gasteiger partial charge in [0.1, 0.15) is 5.75 Å². The minimum atomic E-state index is -0.0237. The van der Waals surface area contributed by atoms with Gasteiger partial charge in [-0.2, -0.15) is 14.6 Å². The molecular weight excluding hydrogens is 550 g/mol. The van der Waals surface area contributed by atoms with Gasteiger partial charge >= 0.3 is 0 Å². The molecule has 1 saturated heterocycles. The number of ether oxygens (including phenoxy) is 2. The van der Waals surface area contributed by atoms with E-state index in [0.717, 1.165) is 92.7 Å². The van der Waals surface area contributed by atoms with Crippen molar-refractivity contribution in [3.05, 3.63) is 65.9 Å². The van der Waals surface area contributed by atoms with E-state index >= 15 is 0 Å². The topological polar surface area (TPSA) is 97.1 Å². The third kappa shape index (κ3) is 6.69. The number of hydrogen-bond acceptors (Lipinski definition) is 9. The highest BCUT2D eigenvalue weighted by atomic mass is 32.2. The van der Waals surface area contributed by atoms with E-state index < -0.39 is 0 Å². The zero-order chi connectivity index (χ0) is 28.9. The summed E-state index contributed by atoms with van der Waals surface area (Å²) in [5.41, 5.74) is 4.42. The predicted molar refractivity (Wildman–Crippen MR) is 164 cm³/mol. The molecular formula is C31H37N7O3S. The number of hydrogen-bond donors (Lipinski definition) is 1. The van der Waals surface area contributed by atoms with Crippen molar-refractivity contribution in [2.24, 2.45) is 0 Å². The SMILES string of the molecule is COc1ccc(CN(CCCN2CCOCC2)c2nc(SC)nc3c(-c4ccc(C(=O)NC5CC5)cc4)cnn23)cc1. The standard InChI is InChI=1S/C31H37N7O3S/c1-40-26-12-4-22(5-13-26)21-37(15-3-14-36-16-18-41-19-17-36)31-35-30(42-2)34-28-27(20-32-38(28)31)23-6-8-24(9-7-23)29(39)33-25-10-11-25/h4-9,12-13,20,25H,3,10-11,14-19,21H2,1-2H3,(H,33,39). The molecule has 0 atom stereocenters. The summed E-state index contributed by atoms with van der Waals surface area (Å²) in [5, 5.41) is 8.52. The molecule has 6 rings (SSSR count). The van der Waals surface area contributed by atoms with Crippen LogP contribution in [-0.4, -0.2) is 89.2 Å². The number of thioether (sulfide) groups is 1. The number of rotatable bonds is 12. The summed E-state index contributed by atoms with van der Waals surface area (Å²) >= 11 is 1.52. The van der Waals surface area contributed by atoms with E-state index in [4.69, 9.17) is 24.5 Å². The minimum Gasteiger partial charge on any atom is -0.497 e. The molecule has 11 heteroatoms. The Morgan fingerprint density at radius 3 is 2.55 bits per heavy atom. The Labute approximate surface area is 250 Å². The summed E-state index contributed by atoms with van der Waals surface area (Å²) < 4.78 is 12.8. The Kier molecular flexibility index (Phi) is 8.87. The molecule has 4 aromatic rings. The van der Waals surface area contributed by atoms with Crippen molar-refractivity contribution in [3.8, 4) is 16.9 Å². The third-order valence-electron chi connectivity index (χ3n) is 7.71. The fraction of sp³-hybridized carbons (Fsp3) is 0.419. The Bertz CT molecular complexity index is 1500. The van der Waals surface area contributed by atoms with Gasteiger partial charge in [-0.05, 0) is 60.9 Å². The van der Waals surface area contributed by atoms with Crippen LogP contribution in [0.5, 0.6) is 5.75 Å². The Morgan fingerprint density at radius 2 is 1.86 bits per heavy atom. The summed E-state index contributed by atoms with van der Waals surface area (Å²) in [5.74, 6) is 1.57. The number of benzene rings is 2. The minimum absolute atomic E-state index is 0.0237. The van der Waals surface area contributed by atoms with Gasteiger partial charge in [0.2, 0.25) is 5.95 Å². The van der Waals surface area contributed by atoms with Crippen LogP contribution in [0.15, 0.2) is 59.9 Å². The Hall–Kier alpha value is -3.67. The van der Waals surface area contributed by atoms with Crippen LogP contribution in [0, 0.1) is 0 Å². The van der Waals surface area contributed by atoms with Gasteiger partial charge in [0.15, 0.2) is 10.8 Å². The van der Waals surface area contributed by atoms with E-state index in [1.807, 2.05) is 53.4 Å². The maximum Gasteiger partial charge on any atom is 0.251 e. The molecule has 1 aliphatic heterocycles. The molecule has 2 aromatic carbocycles. The van der Waals surface area contributed by atoms with Gasteiger partial charge < -0.3 is 19.7 Å². The number of aromatic nitrogens is 4. The molecule has 0 unspecified atom stereocenters. The van der Waals surface area contributed by atoms with Gasteiger partial charge in [0, 0.05) is 49.9 Å². The third-order valence-corrected chi connectivity index (χ3v) is 8.25. The molecule has 1 saturated carbocycles. The number of carbonyl (C=O) groups excluding carboxylic acids is 1. The summed E-state index contributed by atoms with van der Waals surface area (Å²) in [7, 11) is 1.68. The number of nitrogens with one attached hydrogen (secondary N) is 1. The average Bonchev–Trinajstić information content (AvgIpc) is 3.75. The first-order chi connectivity index (χ1) is 20.6. The molecule has 2 aliphatic rings. The second-order valence-electron chi connectivity index (χ2n) is 10.7. The quantitative estimate of drug-likeness (QED) is 0.245. The summed E-state index contributed by atoms with van der Waals surface area (Å²) in [6, 6.07) is 16.2. The van der Waals surface area contributed by atoms with Gasteiger partial charge in [0.05, 0.1) is 26.5 Å². The van der Waals surface area contributed by atoms with Crippen LogP contribution in [0.4, 0.5) is 5.95 Å². The van der Waals surface area contributed by atoms with E-state index in [1.165, 1.54) is 11.8 Å². The molecule has 42 heavy (non-hydrogen) atoms. The number of morpholine rings is 1. The normalized spacial score (nSPS) is 15.6. The molecule has 2 fully saturated rings. The van der Waals surface area contributed by atoms with Crippen LogP contribution in [-0.2, 0) is 11.3 Å². The van der Waals surface area contributed by atoms with E-state index in [1.54, 1.807) is 7.11 Å². The van der Waals surface area contributed by atoms with Crippen LogP contribution >= 0.6 is 11.8 Å². The molecule has 10 nitrogen and oxygen atoms in total. The van der Waals surface area contributed by atoms with Gasteiger partial charge in [-0.1, -0.05) is 36.0 Å². The van der Waals surface area contributed by atoms with Crippen LogP contribution in [0.25, 0.3) is 16.8 Å². The maximum absolute atomic E-state index is 12.5. The number of amides is 1. The number of carbonyl (C=O) groups is 1. The van der Waals surface area contributed by atoms with E-state index in [-0.39, 0.29) is 5.91 Å². The fourth-order valence-electron chi connectivity index (χ4n) is 5.15. The van der Waals surface area contributed by atoms with E-state index in [0.29, 0.717) is 23.3 Å². The molecule has 0 bridgehead atoms. The monoisotopic (exact) mass is 587 g/mol. The largest absolute Gasteiger partial charge is 0.497 e. The molecule has 1 amide bonds. The molecule has 0 spiro atoms. The van der Waals surface area contributed by atoms with Gasteiger partial charge in [-0.15, -0.1) is 0 Å². The maximum atomic E-state index is 12.5. The highest BCUT2D eigenvalue weighted by Gasteiger charge is 2.24. The molecule has 220 valence electrons. The smallest absolute Gasteiger partial charge is 0.251 e. The summed E-state index contributed by atoms with van der Waals surface area (Å²) in [4.78, 5) is 27.1. The van der Waals surface area contributed by atoms with Gasteiger partial charge in [-0.3, -0.25) is 9.69 Å². The van der Waals surface area contributed by atoms with Crippen molar-refractivity contribution in [2.45, 2.75) is 37.0 Å². The number of fused-ring (bicyclic) bond motifs is 1. The van der Waals surface area contributed by atoms with Crippen molar-refractivity contribution in [1.29, 1.82) is 0 Å². The van der Waals surface area contributed by atoms with Crippen molar-refractivity contribution >= 4 is 29.3 Å². The van der Waals surface area contributed by atoms with Crippen molar-refractivity contribution in [1.82, 2.24) is 29.8 Å². The first-order valence-electron chi connectivity index (χ1n) is 14.5. The second-order valence-corrected chi connectivity index (χ2v) is 11.5. The highest BCUT2D eigenvalue weighted by molar-refractivity contribution is 7.98. The first kappa shape index (κ1) is 28.4. The van der Waals surface area contributed by atoms with Crippen LogP contribution < -0.4 is 15.0 Å². The molecule has 2 aromatic heterocycles. The lowest BCUT2D eigenvalue weighted by Gasteiger charge is -2.29. The highest BCUT2D eigenvalue weighted by Crippen LogP contribution is 2.29. The van der Waals surface area contributed by atoms with Gasteiger partial charge in [-0.25, -0.2) is 4.98 Å². The second kappa shape index (κ2) is 13.1. The van der Waals surface area contributed by atoms with Crippen molar-refractivity contribution < 1.29 is 14.3 Å². The summed E-state index contributed by atoms with van der Waals surface area (Å²) in [6.45, 7) is 6.00. The van der Waals surface area contributed by atoms with Crippen LogP contribution in [0.2, 0.25) is 0 Å². The zero-order valence-corrected chi connectivity index (χ0v) is 25.0. The van der Waals surface area contributed by atoms with Crippen molar-refractivity contribution in [3.63, 3.8) is 0 Å². The molecule has 0 radical (unpaired) electrons. The zero-order valence-electron chi connectivity index (χ0n) is 24.2. The lowest BCUT2D eigenvalue weighted by molar-refractivity contribution is 0.0376. The fourth-order valence-corrected chi connectivity index (χ4v) is 5.50. The predicted octanol–water partition coefficient (Wildman–Crippen LogP) is 4.14. The molecule has 1 N–H and O–H groups in total. The molecule has 3 heterocycles. The van der Waals surface area contributed by atoms with Gasteiger partial charge in [0.25, 0.3) is 5.91 Å². The Morgan fingerprint density at radius 1 is 1.10 bits per heavy atom. The summed E-state index contributed by atoms with van der Waals surface area (Å²) in [6.07, 6.45) is 6.94. The first-order valence-corrected chi connectivity index (χ1v) is 15.7. The lowest BCUT2D eigenvalue weighted by atomic mass is 10.1. The van der Waals surface area contributed by atoms with E-state index in [9.17, 15) is 4.79 Å². The lowest BCUT2D eigenvalue weighted by Crippen LogP contribution is -2.38. The Balaban J connectivity index is 1.30. The average molecular weight is 588 g/mol. The number of nitrogens with zero attached hydrogens (tertiary/aromatic N) is 6.